The number of thiazole rings is 1. The zero-order valence-corrected chi connectivity index (χ0v) is 18.8. The molecule has 2 amide bonds. The van der Waals surface area contributed by atoms with Gasteiger partial charge in [-0.2, -0.15) is 0 Å². The zero-order valence-electron chi connectivity index (χ0n) is 17.2. The molecular formula is C24H25N3O2S2. The summed E-state index contributed by atoms with van der Waals surface area (Å²) in [4.78, 5) is 30.4. The quantitative estimate of drug-likeness (QED) is 0.472. The lowest BCUT2D eigenvalue weighted by Crippen LogP contribution is -2.39. The van der Waals surface area contributed by atoms with Crippen LogP contribution in [0.1, 0.15) is 41.8 Å². The van der Waals surface area contributed by atoms with E-state index in [0.717, 1.165) is 18.4 Å². The molecule has 2 N–H and O–H groups in total. The number of nitrogens with zero attached hydrogens (tertiary/aromatic N) is 1. The van der Waals surface area contributed by atoms with E-state index in [2.05, 4.69) is 33.1 Å². The first kappa shape index (κ1) is 21.5. The third-order valence-corrected chi connectivity index (χ3v) is 7.50. The van der Waals surface area contributed by atoms with E-state index in [1.54, 1.807) is 17.4 Å². The molecule has 0 aliphatic heterocycles. The summed E-state index contributed by atoms with van der Waals surface area (Å²) in [6.07, 6.45) is 8.11. The van der Waals surface area contributed by atoms with Crippen LogP contribution in [0.25, 0.3) is 6.08 Å². The van der Waals surface area contributed by atoms with E-state index in [-0.39, 0.29) is 23.7 Å². The summed E-state index contributed by atoms with van der Waals surface area (Å²) in [6.45, 7) is 0.671. The van der Waals surface area contributed by atoms with Gasteiger partial charge >= 0.3 is 0 Å². The van der Waals surface area contributed by atoms with Crippen LogP contribution in [0.3, 0.4) is 0 Å². The Morgan fingerprint density at radius 3 is 2.61 bits per heavy atom. The second-order valence-electron chi connectivity index (χ2n) is 7.80. The van der Waals surface area contributed by atoms with Crippen molar-refractivity contribution in [3.05, 3.63) is 75.4 Å². The summed E-state index contributed by atoms with van der Waals surface area (Å²) in [5.41, 5.74) is 1.70. The molecule has 1 aliphatic carbocycles. The molecule has 1 aliphatic rings. The lowest BCUT2D eigenvalue weighted by molar-refractivity contribution is -0.120. The van der Waals surface area contributed by atoms with Crippen LogP contribution in [-0.2, 0) is 21.4 Å². The summed E-state index contributed by atoms with van der Waals surface area (Å²) in [5.74, 6) is -0.275. The standard InChI is InChI=1S/C24H25N3O2S2/c28-21(11-10-18-7-2-1-3-8-18)27-23-26-19(16-31-23)15-22(29)25-17-24(12-4-5-13-24)20-9-6-14-30-20/h1-3,6-11,14,16H,4-5,12-13,15,17H2,(H,25,29)(H,26,27,28)/b11-10+. The van der Waals surface area contributed by atoms with Crippen molar-refractivity contribution in [3.8, 4) is 0 Å². The lowest BCUT2D eigenvalue weighted by Gasteiger charge is -2.28. The molecule has 0 spiro atoms. The highest BCUT2D eigenvalue weighted by Crippen LogP contribution is 2.42. The summed E-state index contributed by atoms with van der Waals surface area (Å²) in [5, 5.41) is 10.3. The molecule has 1 fully saturated rings. The van der Waals surface area contributed by atoms with Crippen molar-refractivity contribution >= 4 is 45.7 Å². The maximum absolute atomic E-state index is 12.5. The number of carbonyl (C=O) groups is 2. The Morgan fingerprint density at radius 1 is 1.06 bits per heavy atom. The Morgan fingerprint density at radius 2 is 1.87 bits per heavy atom. The predicted molar refractivity (Wildman–Crippen MR) is 127 cm³/mol. The molecule has 0 unspecified atom stereocenters. The van der Waals surface area contributed by atoms with Crippen molar-refractivity contribution in [1.82, 2.24) is 10.3 Å². The van der Waals surface area contributed by atoms with Crippen molar-refractivity contribution < 1.29 is 9.59 Å². The molecule has 0 atom stereocenters. The van der Waals surface area contributed by atoms with Gasteiger partial charge in [-0.15, -0.1) is 22.7 Å². The minimum atomic E-state index is -0.242. The Kier molecular flexibility index (Phi) is 6.94. The third-order valence-electron chi connectivity index (χ3n) is 5.58. The van der Waals surface area contributed by atoms with Crippen LogP contribution in [0.5, 0.6) is 0 Å². The summed E-state index contributed by atoms with van der Waals surface area (Å²) in [7, 11) is 0. The van der Waals surface area contributed by atoms with Gasteiger partial charge in [-0.05, 0) is 35.9 Å². The Labute approximate surface area is 190 Å². The third kappa shape index (κ3) is 5.68. The number of aromatic nitrogens is 1. The summed E-state index contributed by atoms with van der Waals surface area (Å²) >= 11 is 3.11. The van der Waals surface area contributed by atoms with Crippen molar-refractivity contribution in [2.45, 2.75) is 37.5 Å². The Balaban J connectivity index is 1.28. The van der Waals surface area contributed by atoms with Gasteiger partial charge in [0.05, 0.1) is 12.1 Å². The van der Waals surface area contributed by atoms with Gasteiger partial charge in [0.1, 0.15) is 0 Å². The highest BCUT2D eigenvalue weighted by Gasteiger charge is 2.36. The first-order valence-corrected chi connectivity index (χ1v) is 12.2. The van der Waals surface area contributed by atoms with Gasteiger partial charge in [0, 0.05) is 28.3 Å². The second-order valence-corrected chi connectivity index (χ2v) is 9.60. The molecular weight excluding hydrogens is 426 g/mol. The fourth-order valence-corrected chi connectivity index (χ4v) is 5.67. The van der Waals surface area contributed by atoms with Crippen LogP contribution in [-0.4, -0.2) is 23.3 Å². The van der Waals surface area contributed by atoms with Crippen LogP contribution >= 0.6 is 22.7 Å². The monoisotopic (exact) mass is 451 g/mol. The fourth-order valence-electron chi connectivity index (χ4n) is 3.97. The number of rotatable bonds is 8. The largest absolute Gasteiger partial charge is 0.355 e. The van der Waals surface area contributed by atoms with E-state index in [4.69, 9.17) is 0 Å². The molecule has 2 heterocycles. The minimum absolute atomic E-state index is 0.0324. The molecule has 0 saturated heterocycles. The van der Waals surface area contributed by atoms with Gasteiger partial charge in [0.25, 0.3) is 0 Å². The molecule has 0 radical (unpaired) electrons. The number of thiophene rings is 1. The minimum Gasteiger partial charge on any atom is -0.355 e. The van der Waals surface area contributed by atoms with E-state index in [0.29, 0.717) is 17.4 Å². The molecule has 2 aromatic heterocycles. The van der Waals surface area contributed by atoms with Crippen molar-refractivity contribution in [3.63, 3.8) is 0 Å². The first-order valence-electron chi connectivity index (χ1n) is 10.4. The molecule has 4 rings (SSSR count). The number of hydrogen-bond donors (Lipinski definition) is 2. The molecule has 3 aromatic rings. The van der Waals surface area contributed by atoms with Gasteiger partial charge in [0.2, 0.25) is 11.8 Å². The van der Waals surface area contributed by atoms with Gasteiger partial charge in [-0.1, -0.05) is 49.2 Å². The Bertz CT molecular complexity index is 1040. The van der Waals surface area contributed by atoms with Crippen LogP contribution in [0.15, 0.2) is 59.3 Å². The van der Waals surface area contributed by atoms with Crippen LogP contribution in [0.4, 0.5) is 5.13 Å². The normalized spacial score (nSPS) is 15.2. The van der Waals surface area contributed by atoms with Gasteiger partial charge in [-0.25, -0.2) is 4.98 Å². The smallest absolute Gasteiger partial charge is 0.250 e. The lowest BCUT2D eigenvalue weighted by atomic mass is 9.84. The maximum atomic E-state index is 12.5. The SMILES string of the molecule is O=C(/C=C/c1ccccc1)Nc1nc(CC(=O)NCC2(c3cccs3)CCCC2)cs1. The zero-order chi connectivity index (χ0) is 21.5. The number of hydrogen-bond acceptors (Lipinski definition) is 5. The van der Waals surface area contributed by atoms with Crippen molar-refractivity contribution in [2.75, 3.05) is 11.9 Å². The Hall–Kier alpha value is -2.77. The molecule has 160 valence electrons. The number of benzene rings is 1. The molecule has 31 heavy (non-hydrogen) atoms. The maximum Gasteiger partial charge on any atom is 0.250 e. The molecule has 5 nitrogen and oxygen atoms in total. The molecule has 7 heteroatoms. The van der Waals surface area contributed by atoms with E-state index in [1.165, 1.54) is 35.1 Å². The van der Waals surface area contributed by atoms with E-state index >= 15 is 0 Å². The molecule has 1 aromatic carbocycles. The average Bonchev–Trinajstić information content (AvgIpc) is 3.54. The average molecular weight is 452 g/mol. The van der Waals surface area contributed by atoms with Crippen LogP contribution in [0.2, 0.25) is 0 Å². The number of anilines is 1. The van der Waals surface area contributed by atoms with Crippen LogP contribution < -0.4 is 10.6 Å². The number of amides is 2. The van der Waals surface area contributed by atoms with Crippen molar-refractivity contribution in [1.29, 1.82) is 0 Å². The van der Waals surface area contributed by atoms with E-state index in [9.17, 15) is 9.59 Å². The van der Waals surface area contributed by atoms with Gasteiger partial charge < -0.3 is 5.32 Å². The second kappa shape index (κ2) is 10.0. The van der Waals surface area contributed by atoms with E-state index in [1.807, 2.05) is 35.7 Å². The number of carbonyl (C=O) groups excluding carboxylic acids is 2. The summed E-state index contributed by atoms with van der Waals surface area (Å²) in [6, 6.07) is 13.9. The number of nitrogens with one attached hydrogen (secondary N) is 2. The van der Waals surface area contributed by atoms with Gasteiger partial charge in [-0.3, -0.25) is 14.9 Å². The van der Waals surface area contributed by atoms with Gasteiger partial charge in [0.15, 0.2) is 5.13 Å². The highest BCUT2D eigenvalue weighted by molar-refractivity contribution is 7.14. The summed E-state index contributed by atoms with van der Waals surface area (Å²) < 4.78 is 0. The molecule has 0 bridgehead atoms. The highest BCUT2D eigenvalue weighted by atomic mass is 32.1. The predicted octanol–water partition coefficient (Wildman–Crippen LogP) is 5.03. The fraction of sp³-hybridized carbons (Fsp3) is 0.292. The first-order chi connectivity index (χ1) is 15.1. The topological polar surface area (TPSA) is 71.1 Å². The van der Waals surface area contributed by atoms with Crippen LogP contribution in [0, 0.1) is 0 Å². The van der Waals surface area contributed by atoms with E-state index < -0.39 is 0 Å². The molecule has 1 saturated carbocycles. The van der Waals surface area contributed by atoms with Crippen molar-refractivity contribution in [2.24, 2.45) is 0 Å².